The number of carbonyl (C=O) groups excluding carboxylic acids is 1. The number of rotatable bonds is 5. The summed E-state index contributed by atoms with van der Waals surface area (Å²) in [4.78, 5) is 11.9. The zero-order valence-electron chi connectivity index (χ0n) is 9.58. The fraction of sp³-hybridized carbons (Fsp3) is 0.909. The van der Waals surface area contributed by atoms with Gasteiger partial charge in [0.05, 0.1) is 0 Å². The molecule has 0 aromatic heterocycles. The van der Waals surface area contributed by atoms with Crippen molar-refractivity contribution in [3.8, 4) is 0 Å². The SMILES string of the molecule is CCC(CCO)NC(=O)C1(C)CCCO1. The molecule has 2 atom stereocenters. The van der Waals surface area contributed by atoms with Crippen molar-refractivity contribution in [2.75, 3.05) is 13.2 Å². The highest BCUT2D eigenvalue weighted by atomic mass is 16.5. The van der Waals surface area contributed by atoms with E-state index in [0.29, 0.717) is 13.0 Å². The highest BCUT2D eigenvalue weighted by Crippen LogP contribution is 2.25. The van der Waals surface area contributed by atoms with Crippen LogP contribution in [0.25, 0.3) is 0 Å². The molecule has 4 nitrogen and oxygen atoms in total. The average molecular weight is 215 g/mol. The van der Waals surface area contributed by atoms with Crippen molar-refractivity contribution in [1.82, 2.24) is 5.32 Å². The molecule has 88 valence electrons. The number of ether oxygens (including phenoxy) is 1. The van der Waals surface area contributed by atoms with Crippen LogP contribution in [0.4, 0.5) is 0 Å². The van der Waals surface area contributed by atoms with E-state index in [4.69, 9.17) is 9.84 Å². The maximum absolute atomic E-state index is 11.9. The Morgan fingerprint density at radius 2 is 2.40 bits per heavy atom. The van der Waals surface area contributed by atoms with Gasteiger partial charge in [-0.15, -0.1) is 0 Å². The molecule has 0 saturated carbocycles. The Hall–Kier alpha value is -0.610. The van der Waals surface area contributed by atoms with Gasteiger partial charge in [-0.05, 0) is 32.6 Å². The van der Waals surface area contributed by atoms with Gasteiger partial charge in [-0.1, -0.05) is 6.92 Å². The molecular formula is C11H21NO3. The van der Waals surface area contributed by atoms with Gasteiger partial charge >= 0.3 is 0 Å². The van der Waals surface area contributed by atoms with E-state index < -0.39 is 5.60 Å². The smallest absolute Gasteiger partial charge is 0.252 e. The summed E-state index contributed by atoms with van der Waals surface area (Å²) in [7, 11) is 0. The molecular weight excluding hydrogens is 194 g/mol. The molecule has 0 bridgehead atoms. The predicted molar refractivity (Wildman–Crippen MR) is 57.5 cm³/mol. The molecule has 2 N–H and O–H groups in total. The van der Waals surface area contributed by atoms with E-state index >= 15 is 0 Å². The van der Waals surface area contributed by atoms with Crippen LogP contribution in [0, 0.1) is 0 Å². The van der Waals surface area contributed by atoms with Crippen LogP contribution in [0.5, 0.6) is 0 Å². The molecule has 1 heterocycles. The topological polar surface area (TPSA) is 58.6 Å². The molecule has 4 heteroatoms. The lowest BCUT2D eigenvalue weighted by atomic mass is 10.0. The lowest BCUT2D eigenvalue weighted by Crippen LogP contribution is -2.48. The minimum Gasteiger partial charge on any atom is -0.396 e. The Bertz CT molecular complexity index is 212. The molecule has 1 fully saturated rings. The first-order valence-electron chi connectivity index (χ1n) is 5.68. The summed E-state index contributed by atoms with van der Waals surface area (Å²) in [5, 5.41) is 11.8. The normalized spacial score (nSPS) is 27.7. The maximum Gasteiger partial charge on any atom is 0.252 e. The average Bonchev–Trinajstić information content (AvgIpc) is 2.65. The number of aliphatic hydroxyl groups excluding tert-OH is 1. The Morgan fingerprint density at radius 1 is 1.67 bits per heavy atom. The van der Waals surface area contributed by atoms with E-state index in [-0.39, 0.29) is 18.6 Å². The van der Waals surface area contributed by atoms with Crippen molar-refractivity contribution in [3.05, 3.63) is 0 Å². The van der Waals surface area contributed by atoms with Crippen molar-refractivity contribution in [2.45, 2.75) is 51.2 Å². The highest BCUT2D eigenvalue weighted by molar-refractivity contribution is 5.85. The Kier molecular flexibility index (Phi) is 4.54. The van der Waals surface area contributed by atoms with Crippen LogP contribution in [0.1, 0.15) is 39.5 Å². The molecule has 1 rings (SSSR count). The molecule has 1 saturated heterocycles. The zero-order chi connectivity index (χ0) is 11.3. The molecule has 1 aliphatic heterocycles. The molecule has 15 heavy (non-hydrogen) atoms. The standard InChI is InChI=1S/C11H21NO3/c1-3-9(5-7-13)12-10(14)11(2)6-4-8-15-11/h9,13H,3-8H2,1-2H3,(H,12,14). The van der Waals surface area contributed by atoms with Crippen LogP contribution in [0.3, 0.4) is 0 Å². The molecule has 2 unspecified atom stereocenters. The van der Waals surface area contributed by atoms with Crippen molar-refractivity contribution in [1.29, 1.82) is 0 Å². The van der Waals surface area contributed by atoms with Crippen molar-refractivity contribution in [2.24, 2.45) is 0 Å². The van der Waals surface area contributed by atoms with Gasteiger partial charge in [0.25, 0.3) is 5.91 Å². The second-order valence-corrected chi connectivity index (χ2v) is 4.27. The molecule has 0 spiro atoms. The number of hydrogen-bond acceptors (Lipinski definition) is 3. The van der Waals surface area contributed by atoms with Gasteiger partial charge in [-0.3, -0.25) is 4.79 Å². The van der Waals surface area contributed by atoms with Crippen LogP contribution < -0.4 is 5.32 Å². The summed E-state index contributed by atoms with van der Waals surface area (Å²) in [5.74, 6) is -0.0414. The summed E-state index contributed by atoms with van der Waals surface area (Å²) in [6.07, 6.45) is 3.18. The second-order valence-electron chi connectivity index (χ2n) is 4.27. The summed E-state index contributed by atoms with van der Waals surface area (Å²) >= 11 is 0. The summed E-state index contributed by atoms with van der Waals surface area (Å²) in [5.41, 5.74) is -0.650. The number of nitrogens with one attached hydrogen (secondary N) is 1. The maximum atomic E-state index is 11.9. The molecule has 1 amide bonds. The summed E-state index contributed by atoms with van der Waals surface area (Å²) in [6.45, 7) is 4.61. The van der Waals surface area contributed by atoms with E-state index in [2.05, 4.69) is 5.32 Å². The van der Waals surface area contributed by atoms with Crippen molar-refractivity contribution in [3.63, 3.8) is 0 Å². The van der Waals surface area contributed by atoms with E-state index in [9.17, 15) is 4.79 Å². The van der Waals surface area contributed by atoms with Crippen molar-refractivity contribution < 1.29 is 14.6 Å². The summed E-state index contributed by atoms with van der Waals surface area (Å²) in [6, 6.07) is 0.0588. The van der Waals surface area contributed by atoms with Gasteiger partial charge in [-0.25, -0.2) is 0 Å². The van der Waals surface area contributed by atoms with E-state index in [1.54, 1.807) is 0 Å². The van der Waals surface area contributed by atoms with Crippen LogP contribution in [-0.2, 0) is 9.53 Å². The fourth-order valence-corrected chi connectivity index (χ4v) is 1.83. The number of carbonyl (C=O) groups is 1. The largest absolute Gasteiger partial charge is 0.396 e. The third kappa shape index (κ3) is 3.18. The molecule has 0 radical (unpaired) electrons. The Balaban J connectivity index is 2.45. The molecule has 0 aromatic rings. The van der Waals surface area contributed by atoms with Crippen LogP contribution >= 0.6 is 0 Å². The van der Waals surface area contributed by atoms with E-state index in [1.165, 1.54) is 0 Å². The van der Waals surface area contributed by atoms with Crippen molar-refractivity contribution >= 4 is 5.91 Å². The van der Waals surface area contributed by atoms with Gasteiger partial charge in [0.2, 0.25) is 0 Å². The van der Waals surface area contributed by atoms with Crippen LogP contribution in [0.15, 0.2) is 0 Å². The second kappa shape index (κ2) is 5.47. The third-order valence-electron chi connectivity index (χ3n) is 3.00. The van der Waals surface area contributed by atoms with E-state index in [1.807, 2.05) is 13.8 Å². The van der Waals surface area contributed by atoms with Crippen LogP contribution in [-0.4, -0.2) is 35.9 Å². The molecule has 1 aliphatic rings. The minimum absolute atomic E-state index is 0.0414. The highest BCUT2D eigenvalue weighted by Gasteiger charge is 2.38. The molecule has 0 aromatic carbocycles. The Morgan fingerprint density at radius 3 is 2.87 bits per heavy atom. The van der Waals surface area contributed by atoms with E-state index in [0.717, 1.165) is 19.3 Å². The Labute approximate surface area is 91.0 Å². The fourth-order valence-electron chi connectivity index (χ4n) is 1.83. The van der Waals surface area contributed by atoms with Gasteiger partial charge < -0.3 is 15.2 Å². The number of hydrogen-bond donors (Lipinski definition) is 2. The first kappa shape index (κ1) is 12.5. The lowest BCUT2D eigenvalue weighted by molar-refractivity contribution is -0.140. The quantitative estimate of drug-likeness (QED) is 0.714. The number of aliphatic hydroxyl groups is 1. The minimum atomic E-state index is -0.650. The first-order valence-corrected chi connectivity index (χ1v) is 5.68. The molecule has 0 aliphatic carbocycles. The van der Waals surface area contributed by atoms with Crippen LogP contribution in [0.2, 0.25) is 0 Å². The summed E-state index contributed by atoms with van der Waals surface area (Å²) < 4.78 is 5.45. The lowest BCUT2D eigenvalue weighted by Gasteiger charge is -2.25. The number of amides is 1. The predicted octanol–water partition coefficient (Wildman–Crippen LogP) is 0.833. The third-order valence-corrected chi connectivity index (χ3v) is 3.00. The van der Waals surface area contributed by atoms with Gasteiger partial charge in [0.15, 0.2) is 0 Å². The van der Waals surface area contributed by atoms with Gasteiger partial charge in [-0.2, -0.15) is 0 Å². The first-order chi connectivity index (χ1) is 7.12. The van der Waals surface area contributed by atoms with Gasteiger partial charge in [0, 0.05) is 19.3 Å². The van der Waals surface area contributed by atoms with Gasteiger partial charge in [0.1, 0.15) is 5.60 Å². The monoisotopic (exact) mass is 215 g/mol. The zero-order valence-corrected chi connectivity index (χ0v) is 9.58.